The van der Waals surface area contributed by atoms with Gasteiger partial charge in [-0.3, -0.25) is 4.79 Å². The summed E-state index contributed by atoms with van der Waals surface area (Å²) in [5, 5.41) is 20.3. The van der Waals surface area contributed by atoms with Gasteiger partial charge in [0.1, 0.15) is 17.7 Å². The molecular formula is C28H23F2N3O4. The SMILES string of the molecule is CC(Cc1cccc([C@H](O)c2cnc(-c3cccc(Oc4c(F)cc5[nH]ccc5c4F)c3)[nH]2)c1)C(=O)O. The number of hydrogen-bond donors (Lipinski definition) is 4. The third-order valence-corrected chi connectivity index (χ3v) is 6.15. The van der Waals surface area contributed by atoms with Gasteiger partial charge in [0.15, 0.2) is 17.4 Å². The van der Waals surface area contributed by atoms with Crippen LogP contribution in [0.25, 0.3) is 22.3 Å². The molecule has 7 nitrogen and oxygen atoms in total. The lowest BCUT2D eigenvalue weighted by molar-refractivity contribution is -0.141. The number of aliphatic carboxylic acids is 1. The number of carboxylic acid groups (broad SMARTS) is 1. The van der Waals surface area contributed by atoms with E-state index in [9.17, 15) is 18.7 Å². The number of hydrogen-bond acceptors (Lipinski definition) is 4. The second kappa shape index (κ2) is 9.87. The number of halogens is 2. The number of carboxylic acids is 1. The fourth-order valence-electron chi connectivity index (χ4n) is 4.16. The van der Waals surface area contributed by atoms with Gasteiger partial charge in [-0.2, -0.15) is 0 Å². The van der Waals surface area contributed by atoms with Crippen LogP contribution in [0, 0.1) is 17.6 Å². The average Bonchev–Trinajstić information content (AvgIpc) is 3.57. The Balaban J connectivity index is 1.37. The monoisotopic (exact) mass is 503 g/mol. The molecule has 1 unspecified atom stereocenters. The second-order valence-corrected chi connectivity index (χ2v) is 8.85. The molecule has 0 bridgehead atoms. The van der Waals surface area contributed by atoms with Crippen LogP contribution in [0.15, 0.2) is 73.1 Å². The van der Waals surface area contributed by atoms with Crippen molar-refractivity contribution in [3.63, 3.8) is 0 Å². The summed E-state index contributed by atoms with van der Waals surface area (Å²) in [4.78, 5) is 21.4. The van der Waals surface area contributed by atoms with Gasteiger partial charge in [0.25, 0.3) is 0 Å². The quantitative estimate of drug-likeness (QED) is 0.208. The predicted molar refractivity (Wildman–Crippen MR) is 133 cm³/mol. The van der Waals surface area contributed by atoms with Crippen molar-refractivity contribution in [1.82, 2.24) is 15.0 Å². The fourth-order valence-corrected chi connectivity index (χ4v) is 4.16. The summed E-state index contributed by atoms with van der Waals surface area (Å²) in [5.74, 6) is -2.93. The van der Waals surface area contributed by atoms with E-state index < -0.39 is 35.4 Å². The zero-order chi connectivity index (χ0) is 26.1. The van der Waals surface area contributed by atoms with Gasteiger partial charge >= 0.3 is 5.97 Å². The number of aromatic nitrogens is 3. The van der Waals surface area contributed by atoms with Crippen molar-refractivity contribution >= 4 is 16.9 Å². The predicted octanol–water partition coefficient (Wildman–Crippen LogP) is 5.97. The van der Waals surface area contributed by atoms with Gasteiger partial charge in [-0.25, -0.2) is 13.8 Å². The van der Waals surface area contributed by atoms with E-state index in [1.54, 1.807) is 49.4 Å². The molecule has 0 amide bonds. The fraction of sp³-hybridized carbons (Fsp3) is 0.143. The molecule has 9 heteroatoms. The summed E-state index contributed by atoms with van der Waals surface area (Å²) in [6.45, 7) is 1.63. The summed E-state index contributed by atoms with van der Waals surface area (Å²) in [7, 11) is 0. The number of carbonyl (C=O) groups is 1. The van der Waals surface area contributed by atoms with E-state index in [-0.39, 0.29) is 11.1 Å². The first kappa shape index (κ1) is 24.2. The Morgan fingerprint density at radius 2 is 1.92 bits per heavy atom. The Hall–Kier alpha value is -4.50. The van der Waals surface area contributed by atoms with Crippen molar-refractivity contribution in [3.8, 4) is 22.9 Å². The smallest absolute Gasteiger partial charge is 0.306 e. The second-order valence-electron chi connectivity index (χ2n) is 8.85. The number of imidazole rings is 1. The van der Waals surface area contributed by atoms with E-state index in [1.807, 2.05) is 6.07 Å². The molecule has 5 aromatic rings. The summed E-state index contributed by atoms with van der Waals surface area (Å²) in [6, 6.07) is 16.4. The van der Waals surface area contributed by atoms with E-state index >= 15 is 0 Å². The van der Waals surface area contributed by atoms with Crippen molar-refractivity contribution in [2.45, 2.75) is 19.4 Å². The molecule has 2 atom stereocenters. The number of ether oxygens (including phenoxy) is 1. The molecular weight excluding hydrogens is 480 g/mol. The molecule has 0 saturated carbocycles. The summed E-state index contributed by atoms with van der Waals surface area (Å²) in [6.07, 6.45) is 2.35. The van der Waals surface area contributed by atoms with Crippen LogP contribution in [-0.2, 0) is 11.2 Å². The molecule has 2 aromatic heterocycles. The molecule has 0 radical (unpaired) electrons. The Bertz CT molecular complexity index is 1590. The zero-order valence-electron chi connectivity index (χ0n) is 19.7. The maximum atomic E-state index is 14.8. The van der Waals surface area contributed by atoms with Crippen molar-refractivity contribution in [1.29, 1.82) is 0 Å². The normalized spacial score (nSPS) is 13.0. The first-order chi connectivity index (χ1) is 17.8. The molecule has 188 valence electrons. The highest BCUT2D eigenvalue weighted by atomic mass is 19.1. The molecule has 0 aliphatic heterocycles. The lowest BCUT2D eigenvalue weighted by Crippen LogP contribution is -2.12. The Labute approximate surface area is 210 Å². The summed E-state index contributed by atoms with van der Waals surface area (Å²) in [5.41, 5.74) is 2.74. The minimum atomic E-state index is -1.02. The topological polar surface area (TPSA) is 111 Å². The number of nitrogens with zero attached hydrogens (tertiary/aromatic N) is 1. The maximum absolute atomic E-state index is 14.8. The molecule has 5 rings (SSSR count). The maximum Gasteiger partial charge on any atom is 0.306 e. The highest BCUT2D eigenvalue weighted by molar-refractivity contribution is 5.82. The van der Waals surface area contributed by atoms with Gasteiger partial charge in [0.05, 0.1) is 23.3 Å². The van der Waals surface area contributed by atoms with Crippen LogP contribution in [0.2, 0.25) is 0 Å². The number of benzene rings is 3. The van der Waals surface area contributed by atoms with Crippen LogP contribution in [0.3, 0.4) is 0 Å². The summed E-state index contributed by atoms with van der Waals surface area (Å²) < 4.78 is 34.9. The van der Waals surface area contributed by atoms with Crippen molar-refractivity contribution in [3.05, 3.63) is 102 Å². The van der Waals surface area contributed by atoms with Crippen molar-refractivity contribution in [2.24, 2.45) is 5.92 Å². The molecule has 3 aromatic carbocycles. The molecule has 0 spiro atoms. The first-order valence-corrected chi connectivity index (χ1v) is 11.6. The molecule has 4 N–H and O–H groups in total. The number of aliphatic hydroxyl groups is 1. The van der Waals surface area contributed by atoms with Crippen molar-refractivity contribution < 1.29 is 28.5 Å². The minimum absolute atomic E-state index is 0.212. The number of fused-ring (bicyclic) bond motifs is 1. The van der Waals surface area contributed by atoms with Gasteiger partial charge < -0.3 is 24.9 Å². The van der Waals surface area contributed by atoms with E-state index in [2.05, 4.69) is 15.0 Å². The van der Waals surface area contributed by atoms with Gasteiger partial charge in [0, 0.05) is 23.2 Å². The Kier molecular flexibility index (Phi) is 6.45. The van der Waals surface area contributed by atoms with E-state index in [0.717, 1.165) is 5.56 Å². The third-order valence-electron chi connectivity index (χ3n) is 6.15. The highest BCUT2D eigenvalue weighted by Gasteiger charge is 2.19. The molecule has 0 fully saturated rings. The van der Waals surface area contributed by atoms with Gasteiger partial charge in [0.2, 0.25) is 0 Å². The number of rotatable bonds is 8. The molecule has 37 heavy (non-hydrogen) atoms. The third kappa shape index (κ3) is 4.94. The van der Waals surface area contributed by atoms with Crippen molar-refractivity contribution in [2.75, 3.05) is 0 Å². The number of aromatic amines is 2. The molecule has 2 heterocycles. The van der Waals surface area contributed by atoms with Crippen LogP contribution >= 0.6 is 0 Å². The zero-order valence-corrected chi connectivity index (χ0v) is 19.7. The first-order valence-electron chi connectivity index (χ1n) is 11.6. The van der Waals surface area contributed by atoms with E-state index in [0.29, 0.717) is 34.6 Å². The van der Waals surface area contributed by atoms with Crippen LogP contribution in [-0.4, -0.2) is 31.1 Å². The van der Waals surface area contributed by atoms with Gasteiger partial charge in [-0.15, -0.1) is 0 Å². The van der Waals surface area contributed by atoms with E-state index in [4.69, 9.17) is 9.84 Å². The van der Waals surface area contributed by atoms with Crippen LogP contribution in [0.4, 0.5) is 8.78 Å². The van der Waals surface area contributed by atoms with Crippen LogP contribution < -0.4 is 4.74 Å². The number of aliphatic hydroxyl groups excluding tert-OH is 1. The molecule has 0 aliphatic carbocycles. The minimum Gasteiger partial charge on any atom is -0.481 e. The van der Waals surface area contributed by atoms with Crippen LogP contribution in [0.1, 0.15) is 29.8 Å². The lowest BCUT2D eigenvalue weighted by atomic mass is 9.97. The number of nitrogens with one attached hydrogen (secondary N) is 2. The average molecular weight is 504 g/mol. The van der Waals surface area contributed by atoms with E-state index in [1.165, 1.54) is 24.5 Å². The largest absolute Gasteiger partial charge is 0.481 e. The standard InChI is InChI=1S/C28H23F2N3O4/c1-15(28(35)36)10-16-4-2-5-17(11-16)25(34)23-14-32-27(33-23)18-6-3-7-19(12-18)37-26-21(29)13-22-20(24(26)30)8-9-31-22/h2-9,11-15,25,31,34H,10H2,1H3,(H,32,33)(H,35,36)/t15?,25-/m0/s1. The molecule has 0 saturated heterocycles. The number of H-pyrrole nitrogens is 2. The van der Waals surface area contributed by atoms with Crippen LogP contribution in [0.5, 0.6) is 11.5 Å². The Morgan fingerprint density at radius 3 is 2.73 bits per heavy atom. The summed E-state index contributed by atoms with van der Waals surface area (Å²) >= 11 is 0. The Morgan fingerprint density at radius 1 is 1.11 bits per heavy atom. The van der Waals surface area contributed by atoms with Gasteiger partial charge in [-0.05, 0) is 35.7 Å². The highest BCUT2D eigenvalue weighted by Crippen LogP contribution is 2.34. The van der Waals surface area contributed by atoms with Gasteiger partial charge in [-0.1, -0.05) is 43.3 Å². The lowest BCUT2D eigenvalue weighted by Gasteiger charge is -2.12. The molecule has 0 aliphatic rings.